The average molecular weight is 233 g/mol. The van der Waals surface area contributed by atoms with E-state index in [0.717, 1.165) is 0 Å². The van der Waals surface area contributed by atoms with Crippen LogP contribution in [0.2, 0.25) is 0 Å². The first-order valence-corrected chi connectivity index (χ1v) is 6.16. The normalized spacial score (nSPS) is 11.6. The van der Waals surface area contributed by atoms with Crippen molar-refractivity contribution < 1.29 is 0 Å². The van der Waals surface area contributed by atoms with Gasteiger partial charge in [-0.3, -0.25) is 0 Å². The smallest absolute Gasteiger partial charge is 0.0110 e. The van der Waals surface area contributed by atoms with E-state index in [0.29, 0.717) is 6.54 Å². The topological polar surface area (TPSA) is 26.0 Å². The van der Waals surface area contributed by atoms with Gasteiger partial charge in [0.25, 0.3) is 0 Å². The van der Waals surface area contributed by atoms with Crippen molar-refractivity contribution in [1.82, 2.24) is 0 Å². The average Bonchev–Trinajstić information content (AvgIpc) is 2.43. The van der Waals surface area contributed by atoms with Crippen molar-refractivity contribution in [2.45, 2.75) is 0 Å². The van der Waals surface area contributed by atoms with Gasteiger partial charge in [0, 0.05) is 6.54 Å². The van der Waals surface area contributed by atoms with Crippen LogP contribution in [-0.4, -0.2) is 6.54 Å². The number of nitrogens with two attached hydrogens (primary N) is 1. The van der Waals surface area contributed by atoms with Crippen molar-refractivity contribution in [2.75, 3.05) is 6.54 Å². The molecule has 0 aliphatic rings. The zero-order valence-corrected chi connectivity index (χ0v) is 10.1. The van der Waals surface area contributed by atoms with E-state index in [2.05, 4.69) is 60.7 Å². The molecular weight excluding hydrogens is 218 g/mol. The van der Waals surface area contributed by atoms with Gasteiger partial charge >= 0.3 is 0 Å². The number of hydrogen-bond donors (Lipinski definition) is 1. The Morgan fingerprint density at radius 3 is 2.33 bits per heavy atom. The Morgan fingerprint density at radius 1 is 0.833 bits per heavy atom. The maximum atomic E-state index is 5.52. The summed E-state index contributed by atoms with van der Waals surface area (Å²) in [5, 5.41) is 5.11. The lowest BCUT2D eigenvalue weighted by Gasteiger charge is -2.05. The van der Waals surface area contributed by atoms with E-state index in [4.69, 9.17) is 5.73 Å². The van der Waals surface area contributed by atoms with Crippen molar-refractivity contribution >= 4 is 27.6 Å². The van der Waals surface area contributed by atoms with E-state index in [9.17, 15) is 0 Å². The van der Waals surface area contributed by atoms with Crippen LogP contribution in [0.1, 0.15) is 5.56 Å². The van der Waals surface area contributed by atoms with Gasteiger partial charge in [0.05, 0.1) is 0 Å². The summed E-state index contributed by atoms with van der Waals surface area (Å²) in [6.07, 6.45) is 4.08. The molecule has 0 heterocycles. The van der Waals surface area contributed by atoms with E-state index < -0.39 is 0 Å². The van der Waals surface area contributed by atoms with Gasteiger partial charge < -0.3 is 5.73 Å². The molecule has 0 aromatic heterocycles. The number of hydrogen-bond acceptors (Lipinski definition) is 1. The molecule has 0 bridgehead atoms. The van der Waals surface area contributed by atoms with Gasteiger partial charge in [0.15, 0.2) is 0 Å². The molecule has 18 heavy (non-hydrogen) atoms. The molecule has 0 amide bonds. The van der Waals surface area contributed by atoms with Crippen LogP contribution in [0.4, 0.5) is 0 Å². The molecule has 1 heteroatoms. The Bertz CT molecular complexity index is 726. The van der Waals surface area contributed by atoms with Crippen LogP contribution in [-0.2, 0) is 0 Å². The summed E-state index contributed by atoms with van der Waals surface area (Å²) >= 11 is 0. The van der Waals surface area contributed by atoms with Gasteiger partial charge in [-0.05, 0) is 39.2 Å². The first-order valence-electron chi connectivity index (χ1n) is 6.16. The molecule has 0 saturated heterocycles. The molecule has 3 aromatic carbocycles. The highest BCUT2D eigenvalue weighted by molar-refractivity contribution is 6.01. The second-order valence-electron chi connectivity index (χ2n) is 4.41. The van der Waals surface area contributed by atoms with Crippen LogP contribution in [0.3, 0.4) is 0 Å². The summed E-state index contributed by atoms with van der Waals surface area (Å²) in [5.41, 5.74) is 6.75. The lowest BCUT2D eigenvalue weighted by atomic mass is 9.99. The molecule has 0 atom stereocenters. The number of benzene rings is 3. The third-order valence-electron chi connectivity index (χ3n) is 3.21. The van der Waals surface area contributed by atoms with Crippen LogP contribution >= 0.6 is 0 Å². The lowest BCUT2D eigenvalue weighted by Crippen LogP contribution is -1.92. The Kier molecular flexibility index (Phi) is 2.83. The second kappa shape index (κ2) is 4.63. The van der Waals surface area contributed by atoms with E-state index in [-0.39, 0.29) is 0 Å². The van der Waals surface area contributed by atoms with Gasteiger partial charge in [-0.15, -0.1) is 0 Å². The fourth-order valence-electron chi connectivity index (χ4n) is 2.33. The second-order valence-corrected chi connectivity index (χ2v) is 4.41. The summed E-state index contributed by atoms with van der Waals surface area (Å²) in [5.74, 6) is 0. The van der Waals surface area contributed by atoms with Crippen molar-refractivity contribution in [3.05, 3.63) is 66.2 Å². The number of rotatable bonds is 2. The van der Waals surface area contributed by atoms with E-state index in [1.54, 1.807) is 0 Å². The highest BCUT2D eigenvalue weighted by atomic mass is 14.5. The SMILES string of the molecule is NCC=Cc1cccc2cc3ccccc3cc12. The summed E-state index contributed by atoms with van der Waals surface area (Å²) in [6, 6.07) is 19.3. The van der Waals surface area contributed by atoms with Crippen molar-refractivity contribution in [3.63, 3.8) is 0 Å². The highest BCUT2D eigenvalue weighted by Gasteiger charge is 2.00. The van der Waals surface area contributed by atoms with E-state index in [1.165, 1.54) is 27.1 Å². The molecule has 0 aliphatic carbocycles. The van der Waals surface area contributed by atoms with Crippen LogP contribution in [0.15, 0.2) is 60.7 Å². The molecular formula is C17H15N. The van der Waals surface area contributed by atoms with Crippen LogP contribution in [0.5, 0.6) is 0 Å². The lowest BCUT2D eigenvalue weighted by molar-refractivity contribution is 1.26. The van der Waals surface area contributed by atoms with Crippen LogP contribution < -0.4 is 5.73 Å². The third kappa shape index (κ3) is 1.89. The molecule has 0 aliphatic heterocycles. The molecule has 3 aromatic rings. The molecule has 1 nitrogen and oxygen atoms in total. The molecule has 0 unspecified atom stereocenters. The molecule has 0 spiro atoms. The minimum Gasteiger partial charge on any atom is -0.327 e. The summed E-state index contributed by atoms with van der Waals surface area (Å²) in [4.78, 5) is 0. The first-order chi connectivity index (χ1) is 8.88. The summed E-state index contributed by atoms with van der Waals surface area (Å²) < 4.78 is 0. The fourth-order valence-corrected chi connectivity index (χ4v) is 2.33. The highest BCUT2D eigenvalue weighted by Crippen LogP contribution is 2.26. The predicted molar refractivity (Wildman–Crippen MR) is 79.5 cm³/mol. The Hall–Kier alpha value is -2.12. The van der Waals surface area contributed by atoms with Crippen LogP contribution in [0, 0.1) is 0 Å². The largest absolute Gasteiger partial charge is 0.327 e. The molecule has 0 fully saturated rings. The minimum absolute atomic E-state index is 0.573. The summed E-state index contributed by atoms with van der Waals surface area (Å²) in [6.45, 7) is 0.573. The standard InChI is InChI=1S/C17H15N/c18-10-4-9-13-7-3-8-16-11-14-5-1-2-6-15(14)12-17(13)16/h1-9,11-12H,10,18H2. The third-order valence-corrected chi connectivity index (χ3v) is 3.21. The van der Waals surface area contributed by atoms with E-state index >= 15 is 0 Å². The quantitative estimate of drug-likeness (QED) is 0.666. The van der Waals surface area contributed by atoms with Gasteiger partial charge in [-0.1, -0.05) is 54.6 Å². The van der Waals surface area contributed by atoms with Gasteiger partial charge in [0.1, 0.15) is 0 Å². The van der Waals surface area contributed by atoms with Crippen molar-refractivity contribution in [1.29, 1.82) is 0 Å². The predicted octanol–water partition coefficient (Wildman–Crippen LogP) is 3.96. The Balaban J connectivity index is 2.32. The van der Waals surface area contributed by atoms with Crippen molar-refractivity contribution in [2.24, 2.45) is 5.73 Å². The molecule has 2 N–H and O–H groups in total. The minimum atomic E-state index is 0.573. The molecule has 3 rings (SSSR count). The van der Waals surface area contributed by atoms with E-state index in [1.807, 2.05) is 6.08 Å². The zero-order valence-electron chi connectivity index (χ0n) is 10.1. The Morgan fingerprint density at radius 2 is 1.56 bits per heavy atom. The molecule has 0 saturated carbocycles. The van der Waals surface area contributed by atoms with Gasteiger partial charge in [-0.2, -0.15) is 0 Å². The van der Waals surface area contributed by atoms with Gasteiger partial charge in [-0.25, -0.2) is 0 Å². The monoisotopic (exact) mass is 233 g/mol. The van der Waals surface area contributed by atoms with Gasteiger partial charge in [0.2, 0.25) is 0 Å². The van der Waals surface area contributed by atoms with Crippen molar-refractivity contribution in [3.8, 4) is 0 Å². The molecule has 88 valence electrons. The maximum absolute atomic E-state index is 5.52. The Labute approximate surface area is 107 Å². The maximum Gasteiger partial charge on any atom is 0.0110 e. The number of fused-ring (bicyclic) bond motifs is 2. The summed E-state index contributed by atoms with van der Waals surface area (Å²) in [7, 11) is 0. The zero-order chi connectivity index (χ0) is 12.4. The fraction of sp³-hybridized carbons (Fsp3) is 0.0588. The molecule has 0 radical (unpaired) electrons. The van der Waals surface area contributed by atoms with Crippen LogP contribution in [0.25, 0.3) is 27.6 Å². The first kappa shape index (κ1) is 11.0.